The molecule has 1 heteroatoms. The van der Waals surface area contributed by atoms with E-state index in [9.17, 15) is 0 Å². The lowest BCUT2D eigenvalue weighted by molar-refractivity contribution is 0.627. The van der Waals surface area contributed by atoms with E-state index in [-0.39, 0.29) is 0 Å². The third-order valence-electron chi connectivity index (χ3n) is 13.5. The van der Waals surface area contributed by atoms with Crippen molar-refractivity contribution < 1.29 is 0 Å². The number of benzene rings is 9. The summed E-state index contributed by atoms with van der Waals surface area (Å²) >= 11 is 0. The molecule has 12 rings (SSSR count). The molecule has 0 fully saturated rings. The van der Waals surface area contributed by atoms with Crippen LogP contribution in [0.25, 0.3) is 33.9 Å². The summed E-state index contributed by atoms with van der Waals surface area (Å²) in [6.45, 7) is 0. The Hall–Kier alpha value is -7.61. The van der Waals surface area contributed by atoms with Crippen molar-refractivity contribution in [3.63, 3.8) is 0 Å². The van der Waals surface area contributed by atoms with Crippen molar-refractivity contribution in [1.82, 2.24) is 0 Å². The minimum atomic E-state index is -0.563. The SMILES string of the molecule is C(=C1\CC(c2ccc(-c3ccc(C4(c5ccccc5)c5ccccc5C5(c6ccccc6)c6ccccc6-c6cccc4c65)cc3)cc2)=Nc2ccccc21)/c1ccccc1. The summed E-state index contributed by atoms with van der Waals surface area (Å²) in [6.07, 6.45) is 3.09. The van der Waals surface area contributed by atoms with Crippen LogP contribution in [0.2, 0.25) is 0 Å². The second-order valence-electron chi connectivity index (χ2n) is 16.5. The molecular formula is C60H41N. The Labute approximate surface area is 357 Å². The van der Waals surface area contributed by atoms with Crippen molar-refractivity contribution in [2.24, 2.45) is 4.99 Å². The molecule has 3 aliphatic rings. The summed E-state index contributed by atoms with van der Waals surface area (Å²) in [4.78, 5) is 5.18. The first-order chi connectivity index (χ1) is 30.2. The molecule has 1 nitrogen and oxygen atoms in total. The summed E-state index contributed by atoms with van der Waals surface area (Å²) in [7, 11) is 0. The molecule has 0 bridgehead atoms. The van der Waals surface area contributed by atoms with Gasteiger partial charge in [0.1, 0.15) is 0 Å². The highest BCUT2D eigenvalue weighted by Crippen LogP contribution is 2.65. The monoisotopic (exact) mass is 775 g/mol. The van der Waals surface area contributed by atoms with Crippen LogP contribution in [0.3, 0.4) is 0 Å². The number of fused-ring (bicyclic) bond motifs is 6. The number of nitrogens with zero attached hydrogens (tertiary/aromatic N) is 1. The van der Waals surface area contributed by atoms with E-state index in [2.05, 4.69) is 237 Å². The molecule has 2 atom stereocenters. The Morgan fingerprint density at radius 1 is 0.344 bits per heavy atom. The van der Waals surface area contributed by atoms with Gasteiger partial charge in [0.2, 0.25) is 0 Å². The number of rotatable bonds is 6. The van der Waals surface area contributed by atoms with Gasteiger partial charge in [-0.05, 0) is 89.5 Å². The van der Waals surface area contributed by atoms with Crippen molar-refractivity contribution in [2.75, 3.05) is 0 Å². The van der Waals surface area contributed by atoms with Gasteiger partial charge in [-0.3, -0.25) is 4.99 Å². The highest BCUT2D eigenvalue weighted by Gasteiger charge is 2.57. The molecule has 0 N–H and O–H groups in total. The molecule has 9 aromatic carbocycles. The lowest BCUT2D eigenvalue weighted by Gasteiger charge is -2.49. The fourth-order valence-electron chi connectivity index (χ4n) is 11.0. The van der Waals surface area contributed by atoms with Gasteiger partial charge in [0.15, 0.2) is 0 Å². The quantitative estimate of drug-likeness (QED) is 0.160. The van der Waals surface area contributed by atoms with Crippen molar-refractivity contribution in [1.29, 1.82) is 0 Å². The molecule has 0 spiro atoms. The fourth-order valence-corrected chi connectivity index (χ4v) is 11.0. The van der Waals surface area contributed by atoms with Gasteiger partial charge in [-0.15, -0.1) is 0 Å². The van der Waals surface area contributed by atoms with Gasteiger partial charge in [0.25, 0.3) is 0 Å². The fraction of sp³-hybridized carbons (Fsp3) is 0.0500. The number of allylic oxidation sites excluding steroid dienone is 1. The normalized spacial score (nSPS) is 18.7. The predicted molar refractivity (Wildman–Crippen MR) is 253 cm³/mol. The zero-order chi connectivity index (χ0) is 40.4. The van der Waals surface area contributed by atoms with Crippen LogP contribution in [0.4, 0.5) is 5.69 Å². The zero-order valence-electron chi connectivity index (χ0n) is 33.7. The van der Waals surface area contributed by atoms with Crippen molar-refractivity contribution >= 4 is 23.0 Å². The topological polar surface area (TPSA) is 12.4 Å². The number of hydrogen-bond donors (Lipinski definition) is 0. The Morgan fingerprint density at radius 2 is 0.820 bits per heavy atom. The van der Waals surface area contributed by atoms with E-state index < -0.39 is 10.8 Å². The highest BCUT2D eigenvalue weighted by molar-refractivity contribution is 6.12. The van der Waals surface area contributed by atoms with Crippen molar-refractivity contribution in [2.45, 2.75) is 17.3 Å². The molecule has 1 heterocycles. The molecule has 286 valence electrons. The molecular weight excluding hydrogens is 735 g/mol. The number of hydrogen-bond acceptors (Lipinski definition) is 1. The van der Waals surface area contributed by atoms with E-state index in [0.717, 1.165) is 23.4 Å². The first-order valence-electron chi connectivity index (χ1n) is 21.3. The third kappa shape index (κ3) is 5.24. The molecule has 61 heavy (non-hydrogen) atoms. The highest BCUT2D eigenvalue weighted by atomic mass is 14.8. The van der Waals surface area contributed by atoms with Crippen LogP contribution in [-0.4, -0.2) is 5.71 Å². The predicted octanol–water partition coefficient (Wildman–Crippen LogP) is 14.5. The Bertz CT molecular complexity index is 3180. The maximum absolute atomic E-state index is 5.18. The van der Waals surface area contributed by atoms with Gasteiger partial charge in [0.05, 0.1) is 22.2 Å². The van der Waals surface area contributed by atoms with E-state index in [1.807, 2.05) is 0 Å². The second-order valence-corrected chi connectivity index (χ2v) is 16.5. The van der Waals surface area contributed by atoms with E-state index in [0.29, 0.717) is 0 Å². The van der Waals surface area contributed by atoms with E-state index in [1.54, 1.807) is 0 Å². The third-order valence-corrected chi connectivity index (χ3v) is 13.5. The Morgan fingerprint density at radius 3 is 1.51 bits per heavy atom. The van der Waals surface area contributed by atoms with E-state index >= 15 is 0 Å². The standard InChI is InChI=1S/C60H41N/c1-4-17-41(18-5-1)39-45-40-57(61-56-30-15-11-23-49(45)56)44-33-31-42(32-34-44)43-35-37-48(38-36-43)59(46-19-6-2-7-20-46)53-27-13-14-28-54(53)60(47-21-8-3-9-22-47)52-26-12-10-24-50(52)51-25-16-29-55(59)58(51)60/h1-39H,40H2/b45-39-. The number of aliphatic imine (C=N–C) groups is 1. The molecule has 0 amide bonds. The van der Waals surface area contributed by atoms with Crippen LogP contribution in [0.15, 0.2) is 236 Å². The summed E-state index contributed by atoms with van der Waals surface area (Å²) in [6, 6.07) is 85.2. The van der Waals surface area contributed by atoms with Gasteiger partial charge >= 0.3 is 0 Å². The average Bonchev–Trinajstić information content (AvgIpc) is 3.65. The van der Waals surface area contributed by atoms with Gasteiger partial charge in [-0.1, -0.05) is 231 Å². The number of para-hydroxylation sites is 1. The smallest absolute Gasteiger partial charge is 0.0720 e. The van der Waals surface area contributed by atoms with Gasteiger partial charge < -0.3 is 0 Å². The maximum atomic E-state index is 5.18. The average molecular weight is 776 g/mol. The molecule has 0 saturated carbocycles. The largest absolute Gasteiger partial charge is 0.252 e. The second kappa shape index (κ2) is 14.0. The molecule has 2 unspecified atom stereocenters. The van der Waals surface area contributed by atoms with Crippen LogP contribution in [0, 0.1) is 0 Å². The van der Waals surface area contributed by atoms with Gasteiger partial charge in [-0.2, -0.15) is 0 Å². The van der Waals surface area contributed by atoms with Crippen LogP contribution >= 0.6 is 0 Å². The molecule has 0 aromatic heterocycles. The van der Waals surface area contributed by atoms with E-state index in [1.165, 1.54) is 83.5 Å². The lowest BCUT2D eigenvalue weighted by Crippen LogP contribution is -2.44. The van der Waals surface area contributed by atoms with Crippen LogP contribution in [0.1, 0.15) is 67.6 Å². The molecule has 2 aliphatic carbocycles. The summed E-state index contributed by atoms with van der Waals surface area (Å²) in [5, 5.41) is 0. The van der Waals surface area contributed by atoms with Gasteiger partial charge in [0, 0.05) is 12.0 Å². The lowest BCUT2D eigenvalue weighted by atomic mass is 9.51. The van der Waals surface area contributed by atoms with Gasteiger partial charge in [-0.25, -0.2) is 0 Å². The van der Waals surface area contributed by atoms with Crippen LogP contribution in [-0.2, 0) is 10.8 Å². The van der Waals surface area contributed by atoms with Crippen LogP contribution in [0.5, 0.6) is 0 Å². The Kier molecular flexibility index (Phi) is 8.12. The van der Waals surface area contributed by atoms with Crippen LogP contribution < -0.4 is 0 Å². The first-order valence-corrected chi connectivity index (χ1v) is 21.3. The molecule has 0 radical (unpaired) electrons. The zero-order valence-corrected chi connectivity index (χ0v) is 33.7. The summed E-state index contributed by atoms with van der Waals surface area (Å²) in [5.41, 5.74) is 21.5. The van der Waals surface area contributed by atoms with Crippen molar-refractivity contribution in [3.05, 3.63) is 292 Å². The van der Waals surface area contributed by atoms with E-state index in [4.69, 9.17) is 4.99 Å². The molecule has 0 saturated heterocycles. The minimum Gasteiger partial charge on any atom is -0.252 e. The Balaban J connectivity index is 0.990. The minimum absolute atomic E-state index is 0.455. The molecule has 9 aromatic rings. The van der Waals surface area contributed by atoms with Crippen molar-refractivity contribution in [3.8, 4) is 22.3 Å². The molecule has 1 aliphatic heterocycles. The first kappa shape index (κ1) is 35.3. The summed E-state index contributed by atoms with van der Waals surface area (Å²) in [5.74, 6) is 0. The maximum Gasteiger partial charge on any atom is 0.0720 e. The summed E-state index contributed by atoms with van der Waals surface area (Å²) < 4.78 is 0.